The maximum Gasteiger partial charge on any atom is 0.305 e. The molecule has 5 heteroatoms. The van der Waals surface area contributed by atoms with Crippen molar-refractivity contribution >= 4 is 11.9 Å². The fourth-order valence-corrected chi connectivity index (χ4v) is 2.75. The molecule has 0 aromatic carbocycles. The Kier molecular flexibility index (Phi) is 4.37. The number of carboxylic acid groups (broad SMARTS) is 1. The third-order valence-electron chi connectivity index (χ3n) is 3.75. The molecule has 0 saturated carbocycles. The molecule has 2 heterocycles. The van der Waals surface area contributed by atoms with Crippen molar-refractivity contribution in [2.45, 2.75) is 45.6 Å². The van der Waals surface area contributed by atoms with E-state index in [1.165, 1.54) is 0 Å². The van der Waals surface area contributed by atoms with Gasteiger partial charge < -0.3 is 10.0 Å². The average Bonchev–Trinajstić information content (AvgIpc) is 2.38. The number of pyridine rings is 1. The topological polar surface area (TPSA) is 70.5 Å². The molecule has 1 atom stereocenters. The maximum atomic E-state index is 12.6. The van der Waals surface area contributed by atoms with Gasteiger partial charge in [0.05, 0.1) is 17.7 Å². The summed E-state index contributed by atoms with van der Waals surface area (Å²) in [5.74, 6) is -0.950. The first-order valence-corrected chi connectivity index (χ1v) is 6.96. The molecule has 1 N–H and O–H groups in total. The van der Waals surface area contributed by atoms with Crippen molar-refractivity contribution in [3.05, 3.63) is 29.1 Å². The minimum atomic E-state index is -0.853. The third kappa shape index (κ3) is 3.15. The van der Waals surface area contributed by atoms with Gasteiger partial charge in [0, 0.05) is 18.3 Å². The van der Waals surface area contributed by atoms with Gasteiger partial charge >= 0.3 is 5.97 Å². The Labute approximate surface area is 118 Å². The van der Waals surface area contributed by atoms with Crippen LogP contribution in [0.2, 0.25) is 0 Å². The average molecular weight is 276 g/mol. The molecule has 1 fully saturated rings. The number of likely N-dealkylation sites (tertiary alicyclic amines) is 1. The van der Waals surface area contributed by atoms with Gasteiger partial charge in [-0.25, -0.2) is 0 Å². The molecule has 1 unspecified atom stereocenters. The van der Waals surface area contributed by atoms with Crippen molar-refractivity contribution in [3.8, 4) is 0 Å². The number of carboxylic acids is 1. The molecule has 1 aliphatic rings. The fourth-order valence-electron chi connectivity index (χ4n) is 2.75. The quantitative estimate of drug-likeness (QED) is 0.918. The second-order valence-electron chi connectivity index (χ2n) is 5.33. The second kappa shape index (κ2) is 6.03. The Morgan fingerprint density at radius 3 is 2.75 bits per heavy atom. The monoisotopic (exact) mass is 276 g/mol. The fraction of sp³-hybridized carbons (Fsp3) is 0.533. The first-order chi connectivity index (χ1) is 9.49. The van der Waals surface area contributed by atoms with E-state index in [2.05, 4.69) is 4.98 Å². The van der Waals surface area contributed by atoms with E-state index in [1.807, 2.05) is 19.9 Å². The molecule has 108 valence electrons. The van der Waals surface area contributed by atoms with Crippen LogP contribution in [0.5, 0.6) is 0 Å². The highest BCUT2D eigenvalue weighted by atomic mass is 16.4. The Bertz CT molecular complexity index is 528. The number of carbonyl (C=O) groups excluding carboxylic acids is 1. The summed E-state index contributed by atoms with van der Waals surface area (Å²) in [7, 11) is 0. The number of amides is 1. The molecule has 0 bridgehead atoms. The van der Waals surface area contributed by atoms with Gasteiger partial charge in [-0.3, -0.25) is 14.6 Å². The van der Waals surface area contributed by atoms with Crippen LogP contribution in [0.25, 0.3) is 0 Å². The van der Waals surface area contributed by atoms with Gasteiger partial charge in [-0.2, -0.15) is 0 Å². The number of aryl methyl sites for hydroxylation is 2. The Morgan fingerprint density at radius 1 is 1.35 bits per heavy atom. The van der Waals surface area contributed by atoms with E-state index in [1.54, 1.807) is 11.0 Å². The summed E-state index contributed by atoms with van der Waals surface area (Å²) < 4.78 is 0. The zero-order chi connectivity index (χ0) is 14.7. The van der Waals surface area contributed by atoms with Crippen molar-refractivity contribution < 1.29 is 14.7 Å². The van der Waals surface area contributed by atoms with E-state index in [4.69, 9.17) is 5.11 Å². The zero-order valence-corrected chi connectivity index (χ0v) is 11.9. The van der Waals surface area contributed by atoms with Crippen LogP contribution in [0.15, 0.2) is 12.1 Å². The van der Waals surface area contributed by atoms with Crippen LogP contribution in [0.3, 0.4) is 0 Å². The number of aliphatic carboxylic acids is 1. The summed E-state index contributed by atoms with van der Waals surface area (Å²) in [5.41, 5.74) is 2.15. The first kappa shape index (κ1) is 14.5. The van der Waals surface area contributed by atoms with Crippen molar-refractivity contribution in [3.63, 3.8) is 0 Å². The lowest BCUT2D eigenvalue weighted by molar-refractivity contribution is -0.138. The van der Waals surface area contributed by atoms with Gasteiger partial charge in [0.2, 0.25) is 0 Å². The Hall–Kier alpha value is -1.91. The molecule has 1 amide bonds. The lowest BCUT2D eigenvalue weighted by atomic mass is 9.98. The van der Waals surface area contributed by atoms with Crippen LogP contribution >= 0.6 is 0 Å². The van der Waals surface area contributed by atoms with Crippen molar-refractivity contribution in [1.82, 2.24) is 9.88 Å². The van der Waals surface area contributed by atoms with E-state index >= 15 is 0 Å². The summed E-state index contributed by atoms with van der Waals surface area (Å²) in [6, 6.07) is 3.40. The molecule has 1 aliphatic heterocycles. The molecule has 0 aliphatic carbocycles. The summed E-state index contributed by atoms with van der Waals surface area (Å²) in [6.07, 6.45) is 2.69. The number of carbonyl (C=O) groups is 2. The number of piperidine rings is 1. The molecule has 1 aromatic rings. The van der Waals surface area contributed by atoms with Gasteiger partial charge in [0.15, 0.2) is 0 Å². The Morgan fingerprint density at radius 2 is 2.10 bits per heavy atom. The summed E-state index contributed by atoms with van der Waals surface area (Å²) in [5, 5.41) is 8.98. The van der Waals surface area contributed by atoms with E-state index < -0.39 is 5.97 Å². The molecule has 5 nitrogen and oxygen atoms in total. The van der Waals surface area contributed by atoms with Gasteiger partial charge in [0.1, 0.15) is 0 Å². The lowest BCUT2D eigenvalue weighted by Crippen LogP contribution is -2.45. The SMILES string of the molecule is Cc1ccc(C(=O)N2CCCCC2CC(=O)O)c(C)n1. The molecule has 1 saturated heterocycles. The summed E-state index contributed by atoms with van der Waals surface area (Å²) >= 11 is 0. The highest BCUT2D eigenvalue weighted by molar-refractivity contribution is 5.95. The van der Waals surface area contributed by atoms with Crippen LogP contribution in [0.1, 0.15) is 47.4 Å². The van der Waals surface area contributed by atoms with Crippen LogP contribution in [0, 0.1) is 13.8 Å². The van der Waals surface area contributed by atoms with E-state index in [0.29, 0.717) is 17.8 Å². The van der Waals surface area contributed by atoms with Crippen LogP contribution in [0.4, 0.5) is 0 Å². The molecular weight excluding hydrogens is 256 g/mol. The van der Waals surface area contributed by atoms with E-state index in [9.17, 15) is 9.59 Å². The molecule has 2 rings (SSSR count). The standard InChI is InChI=1S/C15H20N2O3/c1-10-6-7-13(11(2)16-10)15(20)17-8-4-3-5-12(17)9-14(18)19/h6-7,12H,3-5,8-9H2,1-2H3,(H,18,19). The van der Waals surface area contributed by atoms with Crippen molar-refractivity contribution in [2.75, 3.05) is 6.54 Å². The third-order valence-corrected chi connectivity index (χ3v) is 3.75. The van der Waals surface area contributed by atoms with Crippen LogP contribution in [-0.4, -0.2) is 39.5 Å². The number of rotatable bonds is 3. The van der Waals surface area contributed by atoms with Crippen LogP contribution < -0.4 is 0 Å². The van der Waals surface area contributed by atoms with Crippen LogP contribution in [-0.2, 0) is 4.79 Å². The number of nitrogens with zero attached hydrogens (tertiary/aromatic N) is 2. The molecule has 0 radical (unpaired) electrons. The number of hydrogen-bond acceptors (Lipinski definition) is 3. The Balaban J connectivity index is 2.22. The van der Waals surface area contributed by atoms with Gasteiger partial charge in [-0.1, -0.05) is 0 Å². The van der Waals surface area contributed by atoms with E-state index in [0.717, 1.165) is 25.0 Å². The predicted octanol–water partition coefficient (Wildman–Crippen LogP) is 2.17. The van der Waals surface area contributed by atoms with E-state index in [-0.39, 0.29) is 18.4 Å². The minimum Gasteiger partial charge on any atom is -0.481 e. The molecule has 1 aromatic heterocycles. The minimum absolute atomic E-state index is 0.0179. The molecular formula is C15H20N2O3. The summed E-state index contributed by atoms with van der Waals surface area (Å²) in [6.45, 7) is 4.33. The van der Waals surface area contributed by atoms with Gasteiger partial charge in [-0.05, 0) is 45.2 Å². The maximum absolute atomic E-state index is 12.6. The largest absolute Gasteiger partial charge is 0.481 e. The zero-order valence-electron chi connectivity index (χ0n) is 11.9. The smallest absolute Gasteiger partial charge is 0.305 e. The second-order valence-corrected chi connectivity index (χ2v) is 5.33. The summed E-state index contributed by atoms with van der Waals surface area (Å²) in [4.78, 5) is 29.6. The van der Waals surface area contributed by atoms with Gasteiger partial charge in [0.25, 0.3) is 5.91 Å². The van der Waals surface area contributed by atoms with Crippen molar-refractivity contribution in [1.29, 1.82) is 0 Å². The highest BCUT2D eigenvalue weighted by Gasteiger charge is 2.29. The van der Waals surface area contributed by atoms with Gasteiger partial charge in [-0.15, -0.1) is 0 Å². The first-order valence-electron chi connectivity index (χ1n) is 6.96. The number of hydrogen-bond donors (Lipinski definition) is 1. The number of aromatic nitrogens is 1. The van der Waals surface area contributed by atoms with Crippen molar-refractivity contribution in [2.24, 2.45) is 0 Å². The lowest BCUT2D eigenvalue weighted by Gasteiger charge is -2.35. The normalized spacial score (nSPS) is 18.9. The highest BCUT2D eigenvalue weighted by Crippen LogP contribution is 2.23. The molecule has 20 heavy (non-hydrogen) atoms. The predicted molar refractivity (Wildman–Crippen MR) is 74.6 cm³/mol. The molecule has 0 spiro atoms.